The minimum Gasteiger partial charge on any atom is -0.342 e. The van der Waals surface area contributed by atoms with E-state index in [-0.39, 0.29) is 0 Å². The minimum atomic E-state index is -4.31. The molecule has 1 aromatic heterocycles. The van der Waals surface area contributed by atoms with E-state index in [4.69, 9.17) is 0 Å². The van der Waals surface area contributed by atoms with Crippen LogP contribution in [-0.4, -0.2) is 34.0 Å². The van der Waals surface area contributed by atoms with Gasteiger partial charge in [-0.15, -0.1) is 0 Å². The fourth-order valence-electron chi connectivity index (χ4n) is 4.19. The first kappa shape index (κ1) is 15.9. The van der Waals surface area contributed by atoms with Crippen molar-refractivity contribution in [1.82, 2.24) is 14.9 Å². The number of hydrogen-bond donors (Lipinski definition) is 1. The number of rotatable bonds is 2. The van der Waals surface area contributed by atoms with Crippen molar-refractivity contribution in [3.63, 3.8) is 0 Å². The van der Waals surface area contributed by atoms with Crippen LogP contribution in [0.4, 0.5) is 13.2 Å². The molecular weight excluding hydrogens is 315 g/mol. The number of alkyl halides is 3. The number of H-pyrrole nitrogens is 1. The van der Waals surface area contributed by atoms with Gasteiger partial charge in [0.15, 0.2) is 0 Å². The Labute approximate surface area is 139 Å². The Hall–Kier alpha value is -1.56. The zero-order chi connectivity index (χ0) is 16.7. The van der Waals surface area contributed by atoms with Crippen LogP contribution in [0.5, 0.6) is 0 Å². The average Bonchev–Trinajstić information content (AvgIpc) is 3.21. The van der Waals surface area contributed by atoms with Crippen LogP contribution < -0.4 is 0 Å². The summed E-state index contributed by atoms with van der Waals surface area (Å²) in [5.41, 5.74) is 0.477. The maximum absolute atomic E-state index is 12.8. The molecule has 0 radical (unpaired) electrons. The van der Waals surface area contributed by atoms with Crippen molar-refractivity contribution in [3.05, 3.63) is 29.6 Å². The van der Waals surface area contributed by atoms with Crippen molar-refractivity contribution in [2.75, 3.05) is 13.1 Å². The summed E-state index contributed by atoms with van der Waals surface area (Å²) < 4.78 is 38.5. The van der Waals surface area contributed by atoms with Gasteiger partial charge < -0.3 is 4.98 Å². The Bertz CT molecular complexity index is 716. The minimum absolute atomic E-state index is 0.300. The first-order chi connectivity index (χ1) is 11.5. The Morgan fingerprint density at radius 3 is 2.62 bits per heavy atom. The lowest BCUT2D eigenvalue weighted by molar-refractivity contribution is -0.137. The Kier molecular flexibility index (Phi) is 4.03. The molecule has 3 nitrogen and oxygen atoms in total. The zero-order valence-electron chi connectivity index (χ0n) is 13.6. The van der Waals surface area contributed by atoms with Gasteiger partial charge in [-0.3, -0.25) is 4.90 Å². The molecule has 24 heavy (non-hydrogen) atoms. The van der Waals surface area contributed by atoms with E-state index in [1.165, 1.54) is 44.2 Å². The van der Waals surface area contributed by atoms with E-state index in [0.717, 1.165) is 31.4 Å². The molecule has 1 aliphatic heterocycles. The summed E-state index contributed by atoms with van der Waals surface area (Å²) in [5.74, 6) is 1.14. The Morgan fingerprint density at radius 1 is 1.08 bits per heavy atom. The predicted molar refractivity (Wildman–Crippen MR) is 86.9 cm³/mol. The predicted octanol–water partition coefficient (Wildman–Crippen LogP) is 4.70. The quantitative estimate of drug-likeness (QED) is 0.861. The summed E-state index contributed by atoms with van der Waals surface area (Å²) in [6, 6.07) is 4.42. The number of hydrogen-bond acceptors (Lipinski definition) is 2. The molecule has 0 unspecified atom stereocenters. The fourth-order valence-corrected chi connectivity index (χ4v) is 4.19. The highest BCUT2D eigenvalue weighted by molar-refractivity contribution is 5.76. The summed E-state index contributed by atoms with van der Waals surface area (Å²) in [7, 11) is 0. The molecule has 130 valence electrons. The SMILES string of the molecule is FC(F)(F)c1ccc2nc([C@H]3CCN(C4CCCCC4)C3)[nH]c2c1. The van der Waals surface area contributed by atoms with E-state index in [2.05, 4.69) is 14.9 Å². The van der Waals surface area contributed by atoms with E-state index >= 15 is 0 Å². The second-order valence-electron chi connectivity index (χ2n) is 7.12. The highest BCUT2D eigenvalue weighted by Gasteiger charge is 2.33. The molecule has 1 atom stereocenters. The number of nitrogens with zero attached hydrogens (tertiary/aromatic N) is 2. The molecular formula is C18H22F3N3. The van der Waals surface area contributed by atoms with Crippen LogP contribution in [-0.2, 0) is 6.18 Å². The van der Waals surface area contributed by atoms with Gasteiger partial charge in [0, 0.05) is 18.5 Å². The van der Waals surface area contributed by atoms with Gasteiger partial charge in [0.1, 0.15) is 5.82 Å². The van der Waals surface area contributed by atoms with Crippen molar-refractivity contribution in [1.29, 1.82) is 0 Å². The second-order valence-corrected chi connectivity index (χ2v) is 7.12. The molecule has 2 fully saturated rings. The van der Waals surface area contributed by atoms with Gasteiger partial charge in [-0.05, 0) is 44.0 Å². The number of benzene rings is 1. The molecule has 1 aromatic carbocycles. The normalized spacial score (nSPS) is 24.0. The fraction of sp³-hybridized carbons (Fsp3) is 0.611. The molecule has 0 amide bonds. The number of halogens is 3. The first-order valence-corrected chi connectivity index (χ1v) is 8.81. The van der Waals surface area contributed by atoms with E-state index in [1.807, 2.05) is 0 Å². The molecule has 2 heterocycles. The molecule has 4 rings (SSSR count). The van der Waals surface area contributed by atoms with Gasteiger partial charge in [0.05, 0.1) is 16.6 Å². The number of aromatic nitrogens is 2. The summed E-state index contributed by atoms with van der Waals surface area (Å²) in [6.07, 6.45) is 3.25. The second kappa shape index (κ2) is 6.06. The smallest absolute Gasteiger partial charge is 0.342 e. The molecule has 1 aliphatic carbocycles. The lowest BCUT2D eigenvalue weighted by Crippen LogP contribution is -2.34. The van der Waals surface area contributed by atoms with E-state index in [0.29, 0.717) is 23.0 Å². The maximum Gasteiger partial charge on any atom is 0.416 e. The van der Waals surface area contributed by atoms with Gasteiger partial charge in [-0.1, -0.05) is 19.3 Å². The number of aromatic amines is 1. The van der Waals surface area contributed by atoms with E-state index in [1.54, 1.807) is 0 Å². The van der Waals surface area contributed by atoms with Crippen LogP contribution in [0.2, 0.25) is 0 Å². The number of likely N-dealkylation sites (tertiary alicyclic amines) is 1. The van der Waals surface area contributed by atoms with Gasteiger partial charge in [-0.2, -0.15) is 13.2 Å². The average molecular weight is 337 g/mol. The van der Waals surface area contributed by atoms with Crippen LogP contribution >= 0.6 is 0 Å². The molecule has 2 aromatic rings. The van der Waals surface area contributed by atoms with Crippen molar-refractivity contribution < 1.29 is 13.2 Å². The van der Waals surface area contributed by atoms with Crippen molar-refractivity contribution in [2.24, 2.45) is 0 Å². The number of nitrogens with one attached hydrogen (secondary N) is 1. The molecule has 1 N–H and O–H groups in total. The molecule has 6 heteroatoms. The lowest BCUT2D eigenvalue weighted by Gasteiger charge is -2.30. The molecule has 1 saturated heterocycles. The van der Waals surface area contributed by atoms with Crippen LogP contribution in [0, 0.1) is 0 Å². The molecule has 2 aliphatic rings. The maximum atomic E-state index is 12.8. The summed E-state index contributed by atoms with van der Waals surface area (Å²) in [6.45, 7) is 2.04. The van der Waals surface area contributed by atoms with Crippen molar-refractivity contribution in [2.45, 2.75) is 56.7 Å². The summed E-state index contributed by atoms with van der Waals surface area (Å²) in [4.78, 5) is 10.2. The first-order valence-electron chi connectivity index (χ1n) is 8.81. The van der Waals surface area contributed by atoms with Gasteiger partial charge in [-0.25, -0.2) is 4.98 Å². The van der Waals surface area contributed by atoms with Crippen molar-refractivity contribution >= 4 is 11.0 Å². The van der Waals surface area contributed by atoms with Crippen LogP contribution in [0.15, 0.2) is 18.2 Å². The van der Waals surface area contributed by atoms with Gasteiger partial charge in [0.2, 0.25) is 0 Å². The summed E-state index contributed by atoms with van der Waals surface area (Å²) >= 11 is 0. The highest BCUT2D eigenvalue weighted by atomic mass is 19.4. The third-order valence-corrected chi connectivity index (χ3v) is 5.52. The topological polar surface area (TPSA) is 31.9 Å². The number of imidazole rings is 1. The monoisotopic (exact) mass is 337 g/mol. The molecule has 1 saturated carbocycles. The molecule has 0 spiro atoms. The third kappa shape index (κ3) is 3.04. The van der Waals surface area contributed by atoms with E-state index in [9.17, 15) is 13.2 Å². The zero-order valence-corrected chi connectivity index (χ0v) is 13.6. The Balaban J connectivity index is 1.52. The molecule has 0 bridgehead atoms. The lowest BCUT2D eigenvalue weighted by atomic mass is 9.94. The van der Waals surface area contributed by atoms with Crippen LogP contribution in [0.1, 0.15) is 55.8 Å². The Morgan fingerprint density at radius 2 is 1.88 bits per heavy atom. The number of fused-ring (bicyclic) bond motifs is 1. The standard InChI is InChI=1S/C18H22F3N3/c19-18(20,21)13-6-7-15-16(10-13)23-17(22-15)12-8-9-24(11-12)14-4-2-1-3-5-14/h6-7,10,12,14H,1-5,8-9,11H2,(H,22,23)/t12-/m0/s1. The van der Waals surface area contributed by atoms with Gasteiger partial charge in [0.25, 0.3) is 0 Å². The van der Waals surface area contributed by atoms with E-state index < -0.39 is 11.7 Å². The highest BCUT2D eigenvalue weighted by Crippen LogP contribution is 2.34. The van der Waals surface area contributed by atoms with Gasteiger partial charge >= 0.3 is 6.18 Å². The third-order valence-electron chi connectivity index (χ3n) is 5.52. The van der Waals surface area contributed by atoms with Crippen molar-refractivity contribution in [3.8, 4) is 0 Å². The summed E-state index contributed by atoms with van der Waals surface area (Å²) in [5, 5.41) is 0. The van der Waals surface area contributed by atoms with Crippen LogP contribution in [0.25, 0.3) is 11.0 Å². The van der Waals surface area contributed by atoms with Crippen LogP contribution in [0.3, 0.4) is 0 Å². The largest absolute Gasteiger partial charge is 0.416 e.